The van der Waals surface area contributed by atoms with Gasteiger partial charge in [-0.05, 0) is 36.6 Å². The number of aromatic nitrogens is 1. The molecule has 3 nitrogen and oxygen atoms in total. The summed E-state index contributed by atoms with van der Waals surface area (Å²) in [7, 11) is 2.08. The minimum atomic E-state index is 0.0990. The van der Waals surface area contributed by atoms with Crippen LogP contribution in [0, 0.1) is 5.41 Å². The Morgan fingerprint density at radius 3 is 2.35 bits per heavy atom. The summed E-state index contributed by atoms with van der Waals surface area (Å²) in [6, 6.07) is 4.28. The van der Waals surface area contributed by atoms with Gasteiger partial charge in [-0.25, -0.2) is 0 Å². The van der Waals surface area contributed by atoms with Crippen molar-refractivity contribution in [1.29, 1.82) is 0 Å². The highest BCUT2D eigenvalue weighted by Gasteiger charge is 2.27. The third-order valence-electron chi connectivity index (χ3n) is 3.21. The maximum absolute atomic E-state index is 9.48. The molecule has 1 heterocycles. The van der Waals surface area contributed by atoms with E-state index in [0.29, 0.717) is 0 Å². The van der Waals surface area contributed by atoms with Crippen LogP contribution in [0.15, 0.2) is 24.5 Å². The van der Waals surface area contributed by atoms with Gasteiger partial charge in [-0.1, -0.05) is 20.8 Å². The van der Waals surface area contributed by atoms with Gasteiger partial charge in [0.1, 0.15) is 0 Å². The molecule has 0 fully saturated rings. The lowest BCUT2D eigenvalue weighted by molar-refractivity contribution is 0.0670. The number of hydrogen-bond donors (Lipinski definition) is 1. The van der Waals surface area contributed by atoms with E-state index in [1.165, 1.54) is 5.56 Å². The monoisotopic (exact) mass is 236 g/mol. The van der Waals surface area contributed by atoms with Gasteiger partial charge in [0.05, 0.1) is 6.61 Å². The van der Waals surface area contributed by atoms with Crippen LogP contribution in [0.2, 0.25) is 0 Å². The topological polar surface area (TPSA) is 36.4 Å². The van der Waals surface area contributed by atoms with Crippen LogP contribution in [0.5, 0.6) is 0 Å². The number of aliphatic hydroxyl groups is 1. The van der Waals surface area contributed by atoms with Crippen molar-refractivity contribution in [1.82, 2.24) is 9.88 Å². The molecule has 96 valence electrons. The van der Waals surface area contributed by atoms with Crippen molar-refractivity contribution in [2.24, 2.45) is 5.41 Å². The van der Waals surface area contributed by atoms with Crippen molar-refractivity contribution in [3.05, 3.63) is 30.1 Å². The van der Waals surface area contributed by atoms with E-state index in [-0.39, 0.29) is 18.1 Å². The van der Waals surface area contributed by atoms with Crippen molar-refractivity contribution in [2.75, 3.05) is 20.2 Å². The van der Waals surface area contributed by atoms with Crippen molar-refractivity contribution >= 4 is 0 Å². The standard InChI is InChI=1S/C14H24N2O/c1-14(2,3)13(11-17)16(4)10-7-12-5-8-15-9-6-12/h5-6,8-9,13,17H,7,10-11H2,1-4H3. The van der Waals surface area contributed by atoms with E-state index in [2.05, 4.69) is 37.7 Å². The molecule has 17 heavy (non-hydrogen) atoms. The predicted octanol–water partition coefficient (Wildman–Crippen LogP) is 1.96. The summed E-state index contributed by atoms with van der Waals surface area (Å²) in [5.74, 6) is 0. The first kappa shape index (κ1) is 14.1. The van der Waals surface area contributed by atoms with Gasteiger partial charge in [-0.3, -0.25) is 4.98 Å². The molecule has 0 spiro atoms. The number of nitrogens with zero attached hydrogens (tertiary/aromatic N) is 2. The number of aliphatic hydroxyl groups excluding tert-OH is 1. The van der Waals surface area contributed by atoms with Crippen molar-refractivity contribution < 1.29 is 5.11 Å². The van der Waals surface area contributed by atoms with Crippen molar-refractivity contribution in [2.45, 2.75) is 33.2 Å². The number of hydrogen-bond acceptors (Lipinski definition) is 3. The molecule has 1 N–H and O–H groups in total. The summed E-state index contributed by atoms with van der Waals surface area (Å²) >= 11 is 0. The second-order valence-electron chi connectivity index (χ2n) is 5.65. The largest absolute Gasteiger partial charge is 0.395 e. The van der Waals surface area contributed by atoms with E-state index >= 15 is 0 Å². The van der Waals surface area contributed by atoms with Crippen LogP contribution < -0.4 is 0 Å². The average Bonchev–Trinajstić information content (AvgIpc) is 2.27. The molecule has 0 aliphatic carbocycles. The molecule has 1 unspecified atom stereocenters. The fourth-order valence-corrected chi connectivity index (χ4v) is 2.09. The first-order valence-electron chi connectivity index (χ1n) is 6.15. The molecule has 1 aromatic heterocycles. The third kappa shape index (κ3) is 4.44. The summed E-state index contributed by atoms with van der Waals surface area (Å²) < 4.78 is 0. The molecule has 3 heteroatoms. The lowest BCUT2D eigenvalue weighted by Gasteiger charge is -2.36. The van der Waals surface area contributed by atoms with Gasteiger partial charge in [0, 0.05) is 25.0 Å². The van der Waals surface area contributed by atoms with Crippen molar-refractivity contribution in [3.63, 3.8) is 0 Å². The normalized spacial score (nSPS) is 14.0. The second-order valence-corrected chi connectivity index (χ2v) is 5.65. The minimum Gasteiger partial charge on any atom is -0.395 e. The van der Waals surface area contributed by atoms with E-state index in [9.17, 15) is 5.11 Å². The molecule has 0 amide bonds. The van der Waals surface area contributed by atoms with Crippen LogP contribution in [0.25, 0.3) is 0 Å². The number of likely N-dealkylation sites (N-methyl/N-ethyl adjacent to an activating group) is 1. The van der Waals surface area contributed by atoms with E-state index in [4.69, 9.17) is 0 Å². The van der Waals surface area contributed by atoms with Gasteiger partial charge in [0.25, 0.3) is 0 Å². The Hall–Kier alpha value is -0.930. The van der Waals surface area contributed by atoms with Crippen LogP contribution in [0.4, 0.5) is 0 Å². The number of rotatable bonds is 5. The molecule has 1 aromatic rings. The van der Waals surface area contributed by atoms with Crippen LogP contribution in [-0.4, -0.2) is 41.2 Å². The fraction of sp³-hybridized carbons (Fsp3) is 0.643. The maximum atomic E-state index is 9.48. The Morgan fingerprint density at radius 2 is 1.88 bits per heavy atom. The Bertz CT molecular complexity index is 319. The Kier molecular flexibility index (Phi) is 5.09. The molecule has 0 aliphatic rings. The summed E-state index contributed by atoms with van der Waals surface area (Å²) in [6.07, 6.45) is 4.64. The van der Waals surface area contributed by atoms with E-state index in [1.54, 1.807) is 0 Å². The second kappa shape index (κ2) is 6.12. The SMILES string of the molecule is CN(CCc1ccncc1)C(CO)C(C)(C)C. The third-order valence-corrected chi connectivity index (χ3v) is 3.21. The lowest BCUT2D eigenvalue weighted by Crippen LogP contribution is -2.45. The van der Waals surface area contributed by atoms with Gasteiger partial charge in [0.2, 0.25) is 0 Å². The molecule has 0 aromatic carbocycles. The molecule has 0 radical (unpaired) electrons. The molecule has 0 saturated carbocycles. The quantitative estimate of drug-likeness (QED) is 0.849. The van der Waals surface area contributed by atoms with Gasteiger partial charge in [-0.15, -0.1) is 0 Å². The Balaban J connectivity index is 2.51. The fourth-order valence-electron chi connectivity index (χ4n) is 2.09. The van der Waals surface area contributed by atoms with Gasteiger partial charge >= 0.3 is 0 Å². The molecule has 1 rings (SSSR count). The molecular weight excluding hydrogens is 212 g/mol. The number of pyridine rings is 1. The van der Waals surface area contributed by atoms with Gasteiger partial charge in [-0.2, -0.15) is 0 Å². The zero-order valence-corrected chi connectivity index (χ0v) is 11.3. The molecule has 0 aliphatic heterocycles. The van der Waals surface area contributed by atoms with Gasteiger partial charge < -0.3 is 10.0 Å². The maximum Gasteiger partial charge on any atom is 0.0591 e. The van der Waals surface area contributed by atoms with Crippen molar-refractivity contribution in [3.8, 4) is 0 Å². The highest BCUT2D eigenvalue weighted by Crippen LogP contribution is 2.23. The smallest absolute Gasteiger partial charge is 0.0591 e. The molecule has 1 atom stereocenters. The average molecular weight is 236 g/mol. The highest BCUT2D eigenvalue weighted by atomic mass is 16.3. The van der Waals surface area contributed by atoms with E-state index in [0.717, 1.165) is 13.0 Å². The van der Waals surface area contributed by atoms with E-state index in [1.807, 2.05) is 24.5 Å². The van der Waals surface area contributed by atoms with E-state index < -0.39 is 0 Å². The first-order valence-corrected chi connectivity index (χ1v) is 6.15. The zero-order valence-electron chi connectivity index (χ0n) is 11.3. The molecular formula is C14H24N2O. The molecule has 0 saturated heterocycles. The molecule has 0 bridgehead atoms. The van der Waals surface area contributed by atoms with Gasteiger partial charge in [0.15, 0.2) is 0 Å². The lowest BCUT2D eigenvalue weighted by atomic mass is 9.86. The zero-order chi connectivity index (χ0) is 12.9. The highest BCUT2D eigenvalue weighted by molar-refractivity contribution is 5.10. The summed E-state index contributed by atoms with van der Waals surface area (Å²) in [4.78, 5) is 6.25. The van der Waals surface area contributed by atoms with Crippen LogP contribution >= 0.6 is 0 Å². The Morgan fingerprint density at radius 1 is 1.29 bits per heavy atom. The first-order chi connectivity index (χ1) is 7.95. The summed E-state index contributed by atoms with van der Waals surface area (Å²) in [6.45, 7) is 7.65. The van der Waals surface area contributed by atoms with Crippen LogP contribution in [-0.2, 0) is 6.42 Å². The van der Waals surface area contributed by atoms with Crippen LogP contribution in [0.3, 0.4) is 0 Å². The summed E-state index contributed by atoms with van der Waals surface area (Å²) in [5, 5.41) is 9.48. The van der Waals surface area contributed by atoms with Crippen LogP contribution in [0.1, 0.15) is 26.3 Å². The minimum absolute atomic E-state index is 0.0990. The Labute approximate surface area is 104 Å². The predicted molar refractivity (Wildman–Crippen MR) is 70.9 cm³/mol. The summed E-state index contributed by atoms with van der Waals surface area (Å²) in [5.41, 5.74) is 1.39.